The van der Waals surface area contributed by atoms with Crippen molar-refractivity contribution in [2.45, 2.75) is 49.1 Å². The van der Waals surface area contributed by atoms with Gasteiger partial charge in [0.05, 0.1) is 16.9 Å². The third-order valence-corrected chi connectivity index (χ3v) is 11.8. The minimum atomic E-state index is -1.18. The van der Waals surface area contributed by atoms with Gasteiger partial charge in [0.1, 0.15) is 18.4 Å². The summed E-state index contributed by atoms with van der Waals surface area (Å²) in [4.78, 5) is 55.9. The summed E-state index contributed by atoms with van der Waals surface area (Å²) in [7, 11) is 0. The van der Waals surface area contributed by atoms with Crippen LogP contribution in [-0.4, -0.2) is 44.1 Å². The van der Waals surface area contributed by atoms with Crippen LogP contribution in [-0.2, 0) is 21.0 Å². The quantitative estimate of drug-likeness (QED) is 0.421. The van der Waals surface area contributed by atoms with Gasteiger partial charge in [-0.15, -0.1) is 11.8 Å². The van der Waals surface area contributed by atoms with Gasteiger partial charge in [-0.2, -0.15) is 0 Å². The van der Waals surface area contributed by atoms with E-state index in [9.17, 15) is 24.3 Å². The largest absolute Gasteiger partial charge is 0.489 e. The first-order valence-electron chi connectivity index (χ1n) is 13.5. The van der Waals surface area contributed by atoms with Crippen molar-refractivity contribution in [2.75, 3.05) is 0 Å². The number of nitrogens with zero attached hydrogens (tertiary/aromatic N) is 1. The molecule has 2 aliphatic heterocycles. The highest BCUT2D eigenvalue weighted by Gasteiger charge is 2.70. The summed E-state index contributed by atoms with van der Waals surface area (Å²) < 4.78 is 6.04. The summed E-state index contributed by atoms with van der Waals surface area (Å²) in [6, 6.07) is 15.0. The molecule has 4 aliphatic rings. The van der Waals surface area contributed by atoms with Gasteiger partial charge >= 0.3 is 10.8 Å². The Balaban J connectivity index is 1.20. The number of likely N-dealkylation sites (tertiary alicyclic amines) is 1. The minimum Gasteiger partial charge on any atom is -0.489 e. The van der Waals surface area contributed by atoms with E-state index >= 15 is 0 Å². The SMILES string of the molecule is Cc1cccc(COc2ccc([C@H]3c4sc(=O)[nH]c4SC4C5CC(C6C(=O)N(C(C)C(=O)O)C(=O)C56)C43)cc2)c1. The van der Waals surface area contributed by atoms with Crippen LogP contribution in [0.3, 0.4) is 0 Å². The molecule has 3 fully saturated rings. The fourth-order valence-electron chi connectivity index (χ4n) is 7.65. The number of aryl methyl sites for hydroxylation is 1. The number of thioether (sulfide) groups is 1. The second-order valence-corrected chi connectivity index (χ2v) is 13.6. The number of amides is 2. The first-order valence-corrected chi connectivity index (χ1v) is 15.2. The van der Waals surface area contributed by atoms with Crippen molar-refractivity contribution < 1.29 is 24.2 Å². The van der Waals surface area contributed by atoms with Crippen LogP contribution in [0.4, 0.5) is 0 Å². The summed E-state index contributed by atoms with van der Waals surface area (Å²) in [5.74, 6) is -2.26. The number of carbonyl (C=O) groups excluding carboxylic acids is 2. The molecule has 2 aliphatic carbocycles. The molecular formula is C30H28N2O6S2. The molecule has 0 spiro atoms. The number of aromatic nitrogens is 1. The van der Waals surface area contributed by atoms with Gasteiger partial charge in [-0.1, -0.05) is 53.3 Å². The van der Waals surface area contributed by atoms with E-state index in [2.05, 4.69) is 24.0 Å². The molecule has 0 radical (unpaired) electrons. The predicted octanol–water partition coefficient (Wildman–Crippen LogP) is 4.27. The molecule has 2 N–H and O–H groups in total. The van der Waals surface area contributed by atoms with Crippen molar-refractivity contribution in [3.63, 3.8) is 0 Å². The summed E-state index contributed by atoms with van der Waals surface area (Å²) in [5.41, 5.74) is 3.32. The molecule has 206 valence electrons. The number of hydrogen-bond donors (Lipinski definition) is 2. The average molecular weight is 577 g/mol. The lowest BCUT2D eigenvalue weighted by molar-refractivity contribution is -0.154. The highest BCUT2D eigenvalue weighted by Crippen LogP contribution is 2.68. The van der Waals surface area contributed by atoms with Crippen LogP contribution in [0, 0.1) is 36.5 Å². The van der Waals surface area contributed by atoms with E-state index in [0.29, 0.717) is 6.61 Å². The van der Waals surface area contributed by atoms with E-state index in [1.807, 2.05) is 36.4 Å². The Kier molecular flexibility index (Phi) is 5.98. The number of aliphatic carboxylic acids is 1. The standard InChI is InChI=1S/C30H28N2O6S2/c1-13-4-3-5-15(10-13)12-38-17-8-6-16(7-9-17)20-21-18-11-19(24(21)39-26-25(20)40-30(37)31-26)23-22(18)27(33)32(28(23)34)14(2)29(35)36/h3-10,14,18-24H,11-12H2,1-2H3,(H,31,37)(H,35,36)/t14?,18?,19?,20-,21?,22?,23?,24?/m1/s1. The molecular weight excluding hydrogens is 548 g/mol. The Morgan fingerprint density at radius 2 is 1.82 bits per heavy atom. The molecule has 3 aromatic rings. The third kappa shape index (κ3) is 3.79. The van der Waals surface area contributed by atoms with Crippen LogP contribution in [0.2, 0.25) is 0 Å². The summed E-state index contributed by atoms with van der Waals surface area (Å²) in [6.07, 6.45) is 0.762. The van der Waals surface area contributed by atoms with Gasteiger partial charge in [0, 0.05) is 16.0 Å². The number of H-pyrrole nitrogens is 1. The predicted molar refractivity (Wildman–Crippen MR) is 149 cm³/mol. The Hall–Kier alpha value is -3.37. The van der Waals surface area contributed by atoms with Gasteiger partial charge < -0.3 is 14.8 Å². The molecule has 7 unspecified atom stereocenters. The topological polar surface area (TPSA) is 117 Å². The highest BCUT2D eigenvalue weighted by atomic mass is 32.2. The summed E-state index contributed by atoms with van der Waals surface area (Å²) in [5, 5.41) is 10.5. The molecule has 40 heavy (non-hydrogen) atoms. The maximum absolute atomic E-state index is 13.5. The molecule has 8 nitrogen and oxygen atoms in total. The first-order chi connectivity index (χ1) is 19.2. The molecule has 1 saturated heterocycles. The van der Waals surface area contributed by atoms with Gasteiger partial charge in [-0.3, -0.25) is 19.3 Å². The molecule has 2 amide bonds. The summed E-state index contributed by atoms with van der Waals surface area (Å²) >= 11 is 2.84. The number of carboxylic acids is 1. The second-order valence-electron chi connectivity index (χ2n) is 11.4. The highest BCUT2D eigenvalue weighted by molar-refractivity contribution is 8.00. The number of carbonyl (C=O) groups is 3. The van der Waals surface area contributed by atoms with Crippen molar-refractivity contribution in [2.24, 2.45) is 29.6 Å². The fraction of sp³-hybridized carbons (Fsp3) is 0.400. The van der Waals surface area contributed by atoms with E-state index in [1.165, 1.54) is 23.8 Å². The van der Waals surface area contributed by atoms with Gasteiger partial charge in [-0.25, -0.2) is 4.79 Å². The van der Waals surface area contributed by atoms with Crippen molar-refractivity contribution in [1.82, 2.24) is 9.88 Å². The number of benzene rings is 2. The van der Waals surface area contributed by atoms with Crippen LogP contribution in [0.15, 0.2) is 58.4 Å². The van der Waals surface area contributed by atoms with E-state index in [0.717, 1.165) is 38.1 Å². The molecule has 8 atom stereocenters. The maximum atomic E-state index is 13.5. The van der Waals surface area contributed by atoms with Crippen LogP contribution in [0.5, 0.6) is 5.75 Å². The lowest BCUT2D eigenvalue weighted by Gasteiger charge is -2.43. The first kappa shape index (κ1) is 25.6. The number of imide groups is 1. The lowest BCUT2D eigenvalue weighted by atomic mass is 9.68. The number of nitrogens with one attached hydrogen (secondary N) is 1. The normalized spacial score (nSPS) is 30.6. The smallest absolute Gasteiger partial charge is 0.326 e. The van der Waals surface area contributed by atoms with Crippen molar-refractivity contribution in [3.05, 3.63) is 79.8 Å². The van der Waals surface area contributed by atoms with E-state index < -0.39 is 23.8 Å². The molecule has 2 aromatic carbocycles. The lowest BCUT2D eigenvalue weighted by Crippen LogP contribution is -2.44. The molecule has 2 saturated carbocycles. The Labute approximate surface area is 238 Å². The monoisotopic (exact) mass is 576 g/mol. The van der Waals surface area contributed by atoms with Gasteiger partial charge in [-0.05, 0) is 61.3 Å². The number of ether oxygens (including phenoxy) is 1. The number of rotatable bonds is 6. The fourth-order valence-corrected chi connectivity index (χ4v) is 10.5. The van der Waals surface area contributed by atoms with Crippen LogP contribution in [0.25, 0.3) is 0 Å². The number of hydrogen-bond acceptors (Lipinski definition) is 7. The van der Waals surface area contributed by atoms with E-state index in [4.69, 9.17) is 4.74 Å². The van der Waals surface area contributed by atoms with Crippen LogP contribution >= 0.6 is 23.1 Å². The second kappa shape index (κ2) is 9.34. The Bertz CT molecular complexity index is 1600. The molecule has 10 heteroatoms. The van der Waals surface area contributed by atoms with Crippen molar-refractivity contribution in [3.8, 4) is 5.75 Å². The number of fused-ring (bicyclic) bond motifs is 9. The molecule has 7 rings (SSSR count). The van der Waals surface area contributed by atoms with E-state index in [-0.39, 0.29) is 45.6 Å². The zero-order chi connectivity index (χ0) is 27.9. The van der Waals surface area contributed by atoms with Gasteiger partial charge in [0.15, 0.2) is 0 Å². The maximum Gasteiger partial charge on any atom is 0.326 e. The van der Waals surface area contributed by atoms with Gasteiger partial charge in [0.2, 0.25) is 11.8 Å². The number of thiazole rings is 1. The van der Waals surface area contributed by atoms with Crippen molar-refractivity contribution in [1.29, 1.82) is 0 Å². The van der Waals surface area contributed by atoms with E-state index in [1.54, 1.807) is 11.8 Å². The summed E-state index contributed by atoms with van der Waals surface area (Å²) in [6.45, 7) is 3.91. The zero-order valence-electron chi connectivity index (χ0n) is 21.9. The number of carboxylic acid groups (broad SMARTS) is 1. The third-order valence-electron chi connectivity index (χ3n) is 9.23. The molecule has 1 aromatic heterocycles. The van der Waals surface area contributed by atoms with Crippen LogP contribution in [0.1, 0.15) is 40.8 Å². The Morgan fingerprint density at radius 3 is 2.52 bits per heavy atom. The number of aromatic amines is 1. The zero-order valence-corrected chi connectivity index (χ0v) is 23.5. The average Bonchev–Trinajstić information content (AvgIpc) is 3.66. The molecule has 3 heterocycles. The van der Waals surface area contributed by atoms with Crippen LogP contribution < -0.4 is 9.61 Å². The Morgan fingerprint density at radius 1 is 1.10 bits per heavy atom. The van der Waals surface area contributed by atoms with Gasteiger partial charge in [0.25, 0.3) is 0 Å². The molecule has 2 bridgehead atoms. The minimum absolute atomic E-state index is 0.0385. The van der Waals surface area contributed by atoms with Crippen molar-refractivity contribution >= 4 is 40.9 Å².